The van der Waals surface area contributed by atoms with Crippen molar-refractivity contribution in [3.8, 4) is 0 Å². The van der Waals surface area contributed by atoms with Gasteiger partial charge in [0, 0.05) is 17.4 Å². The van der Waals surface area contributed by atoms with Crippen LogP contribution in [0.25, 0.3) is 0 Å². The Morgan fingerprint density at radius 3 is 2.00 bits per heavy atom. The van der Waals surface area contributed by atoms with Crippen LogP contribution in [-0.2, 0) is 4.79 Å². The molecule has 0 aromatic heterocycles. The molecule has 0 heterocycles. The third-order valence-corrected chi connectivity index (χ3v) is 4.79. The van der Waals surface area contributed by atoms with E-state index < -0.39 is 0 Å². The summed E-state index contributed by atoms with van der Waals surface area (Å²) < 4.78 is 0. The van der Waals surface area contributed by atoms with Crippen LogP contribution in [0.15, 0.2) is 0 Å². The van der Waals surface area contributed by atoms with Crippen LogP contribution < -0.4 is 5.73 Å². The monoisotopic (exact) mass is 167 g/mol. The van der Waals surface area contributed by atoms with Gasteiger partial charge in [-0.25, -0.2) is 0 Å². The molecule has 2 fully saturated rings. The molecule has 2 heteroatoms. The molecular weight excluding hydrogens is 150 g/mol. The first-order valence-electron chi connectivity index (χ1n) is 4.66. The smallest absolute Gasteiger partial charge is 0.141 e. The summed E-state index contributed by atoms with van der Waals surface area (Å²) in [6, 6.07) is 0. The van der Waals surface area contributed by atoms with E-state index in [9.17, 15) is 4.79 Å². The van der Waals surface area contributed by atoms with Gasteiger partial charge in [0.15, 0.2) is 0 Å². The minimum absolute atomic E-state index is 0.00289. The fourth-order valence-electron chi connectivity index (χ4n) is 2.93. The van der Waals surface area contributed by atoms with Crippen molar-refractivity contribution in [1.82, 2.24) is 0 Å². The summed E-state index contributed by atoms with van der Waals surface area (Å²) >= 11 is 0. The Kier molecular flexibility index (Phi) is 1.21. The second-order valence-corrected chi connectivity index (χ2v) is 5.21. The maximum atomic E-state index is 11.7. The third-order valence-electron chi connectivity index (χ3n) is 4.79. The first-order valence-corrected chi connectivity index (χ1v) is 4.66. The van der Waals surface area contributed by atoms with E-state index in [1.165, 1.54) is 0 Å². The van der Waals surface area contributed by atoms with Crippen molar-refractivity contribution in [2.45, 2.75) is 45.6 Å². The summed E-state index contributed by atoms with van der Waals surface area (Å²) in [6.07, 6.45) is 2.59. The number of ketones is 1. The number of carbonyl (C=O) groups excluding carboxylic acids is 1. The van der Waals surface area contributed by atoms with E-state index in [2.05, 4.69) is 20.8 Å². The van der Waals surface area contributed by atoms with Gasteiger partial charge in [-0.1, -0.05) is 20.8 Å². The van der Waals surface area contributed by atoms with E-state index in [0.717, 1.165) is 12.8 Å². The van der Waals surface area contributed by atoms with Gasteiger partial charge in [-0.15, -0.1) is 0 Å². The van der Waals surface area contributed by atoms with E-state index >= 15 is 0 Å². The van der Waals surface area contributed by atoms with E-state index in [-0.39, 0.29) is 16.4 Å². The van der Waals surface area contributed by atoms with Crippen molar-refractivity contribution < 1.29 is 4.79 Å². The van der Waals surface area contributed by atoms with Crippen LogP contribution in [0.5, 0.6) is 0 Å². The second kappa shape index (κ2) is 1.77. The lowest BCUT2D eigenvalue weighted by Crippen LogP contribution is -2.47. The van der Waals surface area contributed by atoms with Crippen molar-refractivity contribution in [3.63, 3.8) is 0 Å². The van der Waals surface area contributed by atoms with Crippen molar-refractivity contribution in [1.29, 1.82) is 0 Å². The zero-order valence-electron chi connectivity index (χ0n) is 8.11. The molecule has 0 aliphatic heterocycles. The first-order chi connectivity index (χ1) is 5.33. The van der Waals surface area contributed by atoms with Gasteiger partial charge in [0.25, 0.3) is 0 Å². The minimum atomic E-state index is -0.209. The lowest BCUT2D eigenvalue weighted by molar-refractivity contribution is -0.128. The fourth-order valence-corrected chi connectivity index (χ4v) is 2.93. The molecule has 2 nitrogen and oxygen atoms in total. The van der Waals surface area contributed by atoms with Crippen molar-refractivity contribution in [2.75, 3.05) is 0 Å². The maximum Gasteiger partial charge on any atom is 0.141 e. The highest BCUT2D eigenvalue weighted by molar-refractivity contribution is 5.91. The summed E-state index contributed by atoms with van der Waals surface area (Å²) in [4.78, 5) is 11.7. The topological polar surface area (TPSA) is 43.1 Å². The normalized spacial score (nSPS) is 50.2. The minimum Gasteiger partial charge on any atom is -0.324 e. The molecule has 2 saturated carbocycles. The van der Waals surface area contributed by atoms with Gasteiger partial charge in [-0.3, -0.25) is 4.79 Å². The van der Waals surface area contributed by atoms with Gasteiger partial charge in [0.1, 0.15) is 5.78 Å². The molecule has 2 aliphatic rings. The summed E-state index contributed by atoms with van der Waals surface area (Å²) in [6.45, 7) is 6.37. The van der Waals surface area contributed by atoms with Crippen LogP contribution >= 0.6 is 0 Å². The molecule has 0 unspecified atom stereocenters. The Morgan fingerprint density at radius 1 is 1.25 bits per heavy atom. The van der Waals surface area contributed by atoms with Crippen LogP contribution in [0.3, 0.4) is 0 Å². The average Bonchev–Trinajstić information content (AvgIpc) is 2.18. The predicted molar refractivity (Wildman–Crippen MR) is 47.7 cm³/mol. The number of Topliss-reactive ketones (excluding diaryl/α,β-unsaturated/α-hetero) is 1. The fraction of sp³-hybridized carbons (Fsp3) is 0.900. The van der Waals surface area contributed by atoms with Crippen molar-refractivity contribution >= 4 is 5.78 Å². The van der Waals surface area contributed by atoms with E-state index in [1.807, 2.05) is 0 Å². The van der Waals surface area contributed by atoms with Gasteiger partial charge in [0.2, 0.25) is 0 Å². The molecule has 0 aromatic carbocycles. The lowest BCUT2D eigenvalue weighted by atomic mass is 9.69. The molecular formula is C10H17NO. The molecule has 2 N–H and O–H groups in total. The van der Waals surface area contributed by atoms with Crippen molar-refractivity contribution in [3.05, 3.63) is 0 Å². The highest BCUT2D eigenvalue weighted by Gasteiger charge is 2.68. The Bertz CT molecular complexity index is 259. The number of nitrogens with two attached hydrogens (primary N) is 1. The van der Waals surface area contributed by atoms with E-state index in [1.54, 1.807) is 0 Å². The quantitative estimate of drug-likeness (QED) is 0.594. The zero-order valence-corrected chi connectivity index (χ0v) is 8.11. The number of hydrogen-bond donors (Lipinski definition) is 1. The molecule has 0 spiro atoms. The van der Waals surface area contributed by atoms with Crippen LogP contribution in [0.2, 0.25) is 0 Å². The summed E-state index contributed by atoms with van der Waals surface area (Å²) in [7, 11) is 0. The Hall–Kier alpha value is -0.370. The molecule has 68 valence electrons. The molecule has 0 radical (unpaired) electrons. The molecule has 2 atom stereocenters. The second-order valence-electron chi connectivity index (χ2n) is 5.21. The molecule has 12 heavy (non-hydrogen) atoms. The van der Waals surface area contributed by atoms with Crippen molar-refractivity contribution in [2.24, 2.45) is 16.6 Å². The summed E-state index contributed by atoms with van der Waals surface area (Å²) in [5, 5.41) is 0. The third kappa shape index (κ3) is 0.565. The largest absolute Gasteiger partial charge is 0.324 e. The number of rotatable bonds is 0. The van der Waals surface area contributed by atoms with Crippen LogP contribution in [-0.4, -0.2) is 11.3 Å². The Labute approximate surface area is 73.5 Å². The summed E-state index contributed by atoms with van der Waals surface area (Å²) in [5.41, 5.74) is 5.88. The standard InChI is InChI=1S/C10H17NO/c1-8(2)9(3)4-5-10(8,11)6-7(9)12/h4-6,11H2,1-3H3/t9-,10-/m0/s1. The van der Waals surface area contributed by atoms with Gasteiger partial charge >= 0.3 is 0 Å². The highest BCUT2D eigenvalue weighted by atomic mass is 16.1. The SMILES string of the molecule is CC1(C)[C@]2(N)CC[C@@]1(C)C(=O)C2. The van der Waals surface area contributed by atoms with Crippen LogP contribution in [0, 0.1) is 10.8 Å². The van der Waals surface area contributed by atoms with Crippen LogP contribution in [0.4, 0.5) is 0 Å². The molecule has 0 aromatic rings. The molecule has 2 rings (SSSR count). The lowest BCUT2D eigenvalue weighted by Gasteiger charge is -2.37. The number of hydrogen-bond acceptors (Lipinski definition) is 2. The van der Waals surface area contributed by atoms with E-state index in [4.69, 9.17) is 5.73 Å². The molecule has 0 amide bonds. The Balaban J connectivity index is 2.56. The van der Waals surface area contributed by atoms with Gasteiger partial charge in [0.05, 0.1) is 0 Å². The first kappa shape index (κ1) is 8.24. The molecule has 2 bridgehead atoms. The average molecular weight is 167 g/mol. The number of carbonyl (C=O) groups is 1. The molecule has 0 saturated heterocycles. The van der Waals surface area contributed by atoms with E-state index in [0.29, 0.717) is 12.2 Å². The predicted octanol–water partition coefficient (Wildman–Crippen LogP) is 1.48. The molecule has 2 aliphatic carbocycles. The highest BCUT2D eigenvalue weighted by Crippen LogP contribution is 2.64. The number of fused-ring (bicyclic) bond motifs is 2. The van der Waals surface area contributed by atoms with Crippen LogP contribution in [0.1, 0.15) is 40.0 Å². The summed E-state index contributed by atoms with van der Waals surface area (Å²) in [5.74, 6) is 0.376. The van der Waals surface area contributed by atoms with Gasteiger partial charge in [-0.2, -0.15) is 0 Å². The van der Waals surface area contributed by atoms with Gasteiger partial charge in [-0.05, 0) is 18.3 Å². The Morgan fingerprint density at radius 2 is 1.83 bits per heavy atom. The maximum absolute atomic E-state index is 11.7. The van der Waals surface area contributed by atoms with Gasteiger partial charge < -0.3 is 5.73 Å². The zero-order chi connectivity index (χ0) is 9.20.